The maximum Gasteiger partial charge on any atom is 0.248 e. The van der Waals surface area contributed by atoms with Crippen LogP contribution in [0, 0.1) is 5.82 Å². The maximum atomic E-state index is 13.3. The Hall–Kier alpha value is -2.61. The lowest BCUT2D eigenvalue weighted by Crippen LogP contribution is -2.47. The largest absolute Gasteiger partial charge is 0.372 e. The predicted octanol–water partition coefficient (Wildman–Crippen LogP) is 3.61. The summed E-state index contributed by atoms with van der Waals surface area (Å²) in [6.07, 6.45) is 3.67. The zero-order valence-electron chi connectivity index (χ0n) is 16.6. The molecule has 1 fully saturated rings. The maximum absolute atomic E-state index is 13.3. The van der Waals surface area contributed by atoms with Crippen molar-refractivity contribution in [3.63, 3.8) is 0 Å². The van der Waals surface area contributed by atoms with E-state index in [1.165, 1.54) is 37.1 Å². The van der Waals surface area contributed by atoms with E-state index in [4.69, 9.17) is 0 Å². The van der Waals surface area contributed by atoms with Gasteiger partial charge in [-0.3, -0.25) is 9.10 Å². The summed E-state index contributed by atoms with van der Waals surface area (Å²) in [5.41, 5.74) is 1.96. The molecule has 0 spiro atoms. The number of hydrogen-bond acceptors (Lipinski definition) is 4. The average Bonchev–Trinajstić information content (AvgIpc) is 3.21. The van der Waals surface area contributed by atoms with Gasteiger partial charge in [0.25, 0.3) is 0 Å². The van der Waals surface area contributed by atoms with Crippen LogP contribution >= 0.6 is 0 Å². The molecular weight excluding hydrogens is 393 g/mol. The fourth-order valence-electron chi connectivity index (χ4n) is 3.60. The van der Waals surface area contributed by atoms with E-state index in [1.807, 2.05) is 24.3 Å². The molecular formula is C21H26FN3O3S. The van der Waals surface area contributed by atoms with Crippen LogP contribution in [-0.2, 0) is 14.8 Å². The molecule has 2 aromatic rings. The summed E-state index contributed by atoms with van der Waals surface area (Å²) in [4.78, 5) is 15.2. The molecule has 6 nitrogen and oxygen atoms in total. The van der Waals surface area contributed by atoms with E-state index in [-0.39, 0.29) is 12.1 Å². The lowest BCUT2D eigenvalue weighted by Gasteiger charge is -2.30. The van der Waals surface area contributed by atoms with Gasteiger partial charge >= 0.3 is 0 Å². The third-order valence-corrected chi connectivity index (χ3v) is 6.20. The Bertz CT molecular complexity index is 940. The molecule has 1 N–H and O–H groups in total. The number of anilines is 3. The molecule has 8 heteroatoms. The number of halogens is 1. The standard InChI is InChI=1S/C21H26FN3O3S/c1-3-20(25(29(2,27)28)19-10-6-16(22)7-11-19)21(26)23-17-8-12-18(13-9-17)24-14-4-5-15-24/h6-13,20H,3-5,14-15H2,1-2H3,(H,23,26). The number of benzene rings is 2. The van der Waals surface area contributed by atoms with Gasteiger partial charge in [-0.1, -0.05) is 6.92 Å². The Morgan fingerprint density at radius 2 is 1.69 bits per heavy atom. The Morgan fingerprint density at radius 3 is 2.21 bits per heavy atom. The molecule has 1 heterocycles. The van der Waals surface area contributed by atoms with Crippen molar-refractivity contribution in [2.45, 2.75) is 32.2 Å². The number of sulfonamides is 1. The highest BCUT2D eigenvalue weighted by Gasteiger charge is 2.31. The fraction of sp³-hybridized carbons (Fsp3) is 0.381. The number of nitrogens with zero attached hydrogens (tertiary/aromatic N) is 2. The quantitative estimate of drug-likeness (QED) is 0.744. The van der Waals surface area contributed by atoms with Crippen LogP contribution in [0.3, 0.4) is 0 Å². The van der Waals surface area contributed by atoms with Crippen LogP contribution in [0.2, 0.25) is 0 Å². The summed E-state index contributed by atoms with van der Waals surface area (Å²) in [5, 5.41) is 2.81. The average molecular weight is 420 g/mol. The van der Waals surface area contributed by atoms with Crippen LogP contribution < -0.4 is 14.5 Å². The number of amides is 1. The topological polar surface area (TPSA) is 69.7 Å². The van der Waals surface area contributed by atoms with Crippen LogP contribution in [0.15, 0.2) is 48.5 Å². The number of hydrogen-bond donors (Lipinski definition) is 1. The third kappa shape index (κ3) is 5.06. The Kier molecular flexibility index (Phi) is 6.42. The number of nitrogens with one attached hydrogen (secondary N) is 1. The Balaban J connectivity index is 1.79. The van der Waals surface area contributed by atoms with Crippen molar-refractivity contribution >= 4 is 33.0 Å². The van der Waals surface area contributed by atoms with Gasteiger partial charge in [0.15, 0.2) is 0 Å². The van der Waals surface area contributed by atoms with Gasteiger partial charge in [0.2, 0.25) is 15.9 Å². The van der Waals surface area contributed by atoms with Crippen molar-refractivity contribution in [2.75, 3.05) is 33.9 Å². The number of rotatable bonds is 7. The Morgan fingerprint density at radius 1 is 1.10 bits per heavy atom. The highest BCUT2D eigenvalue weighted by Crippen LogP contribution is 2.25. The SMILES string of the molecule is CCC(C(=O)Nc1ccc(N2CCCC2)cc1)N(c1ccc(F)cc1)S(C)(=O)=O. The molecule has 2 aromatic carbocycles. The molecule has 1 aliphatic rings. The van der Waals surface area contributed by atoms with Crippen molar-refractivity contribution in [3.05, 3.63) is 54.3 Å². The smallest absolute Gasteiger partial charge is 0.248 e. The highest BCUT2D eigenvalue weighted by molar-refractivity contribution is 7.92. The highest BCUT2D eigenvalue weighted by atomic mass is 32.2. The van der Waals surface area contributed by atoms with E-state index < -0.39 is 27.8 Å². The summed E-state index contributed by atoms with van der Waals surface area (Å²) in [6.45, 7) is 3.80. The first-order valence-corrected chi connectivity index (χ1v) is 11.6. The molecule has 1 unspecified atom stereocenters. The summed E-state index contributed by atoms with van der Waals surface area (Å²) in [6, 6.07) is 11.7. The molecule has 0 saturated carbocycles. The zero-order chi connectivity index (χ0) is 21.0. The van der Waals surface area contributed by atoms with E-state index >= 15 is 0 Å². The first-order valence-electron chi connectivity index (χ1n) is 9.70. The minimum Gasteiger partial charge on any atom is -0.372 e. The molecule has 1 amide bonds. The molecule has 1 aliphatic heterocycles. The van der Waals surface area contributed by atoms with Crippen molar-refractivity contribution < 1.29 is 17.6 Å². The predicted molar refractivity (Wildman–Crippen MR) is 114 cm³/mol. The third-order valence-electron chi connectivity index (χ3n) is 5.02. The van der Waals surface area contributed by atoms with Crippen LogP contribution in [0.25, 0.3) is 0 Å². The molecule has 156 valence electrons. The molecule has 0 aromatic heterocycles. The van der Waals surface area contributed by atoms with Crippen LogP contribution in [0.4, 0.5) is 21.5 Å². The van der Waals surface area contributed by atoms with Crippen molar-refractivity contribution in [3.8, 4) is 0 Å². The second-order valence-corrected chi connectivity index (χ2v) is 9.05. The van der Waals surface area contributed by atoms with E-state index in [0.29, 0.717) is 5.69 Å². The van der Waals surface area contributed by atoms with Crippen LogP contribution in [0.5, 0.6) is 0 Å². The minimum atomic E-state index is -3.75. The lowest BCUT2D eigenvalue weighted by molar-refractivity contribution is -0.117. The second-order valence-electron chi connectivity index (χ2n) is 7.19. The molecule has 0 radical (unpaired) electrons. The van der Waals surface area contributed by atoms with Crippen LogP contribution in [-0.4, -0.2) is 39.7 Å². The Labute approximate surface area is 171 Å². The lowest BCUT2D eigenvalue weighted by atomic mass is 10.1. The summed E-state index contributed by atoms with van der Waals surface area (Å²) >= 11 is 0. The van der Waals surface area contributed by atoms with Gasteiger partial charge in [0.1, 0.15) is 11.9 Å². The molecule has 1 atom stereocenters. The van der Waals surface area contributed by atoms with Gasteiger partial charge in [-0.15, -0.1) is 0 Å². The second kappa shape index (κ2) is 8.82. The van der Waals surface area contributed by atoms with Gasteiger partial charge in [0, 0.05) is 24.5 Å². The molecule has 0 bridgehead atoms. The first-order chi connectivity index (χ1) is 13.8. The first kappa shape index (κ1) is 21.1. The van der Waals surface area contributed by atoms with Crippen molar-refractivity contribution in [1.29, 1.82) is 0 Å². The van der Waals surface area contributed by atoms with Crippen LogP contribution in [0.1, 0.15) is 26.2 Å². The van der Waals surface area contributed by atoms with Gasteiger partial charge in [0.05, 0.1) is 11.9 Å². The monoisotopic (exact) mass is 419 g/mol. The summed E-state index contributed by atoms with van der Waals surface area (Å²) < 4.78 is 39.1. The van der Waals surface area contributed by atoms with Gasteiger partial charge < -0.3 is 10.2 Å². The number of carbonyl (C=O) groups is 1. The molecule has 0 aliphatic carbocycles. The van der Waals surface area contributed by atoms with E-state index in [0.717, 1.165) is 29.3 Å². The van der Waals surface area contributed by atoms with Gasteiger partial charge in [-0.05, 0) is 67.8 Å². The summed E-state index contributed by atoms with van der Waals surface area (Å²) in [7, 11) is -3.75. The summed E-state index contributed by atoms with van der Waals surface area (Å²) in [5.74, 6) is -0.908. The van der Waals surface area contributed by atoms with E-state index in [1.54, 1.807) is 6.92 Å². The number of carbonyl (C=O) groups excluding carboxylic acids is 1. The molecule has 29 heavy (non-hydrogen) atoms. The minimum absolute atomic E-state index is 0.250. The van der Waals surface area contributed by atoms with E-state index in [2.05, 4.69) is 10.2 Å². The van der Waals surface area contributed by atoms with Crippen molar-refractivity contribution in [1.82, 2.24) is 0 Å². The van der Waals surface area contributed by atoms with Gasteiger partial charge in [-0.2, -0.15) is 0 Å². The normalized spacial score (nSPS) is 15.2. The van der Waals surface area contributed by atoms with Crippen molar-refractivity contribution in [2.24, 2.45) is 0 Å². The molecule has 3 rings (SSSR count). The molecule has 1 saturated heterocycles. The van der Waals surface area contributed by atoms with E-state index in [9.17, 15) is 17.6 Å². The van der Waals surface area contributed by atoms with Gasteiger partial charge in [-0.25, -0.2) is 12.8 Å². The fourth-order valence-corrected chi connectivity index (χ4v) is 4.82. The zero-order valence-corrected chi connectivity index (χ0v) is 17.5.